The third-order valence-corrected chi connectivity index (χ3v) is 3.84. The van der Waals surface area contributed by atoms with E-state index in [1.807, 2.05) is 37.3 Å². The molecule has 2 rings (SSSR count). The van der Waals surface area contributed by atoms with Crippen molar-refractivity contribution < 1.29 is 9.53 Å². The highest BCUT2D eigenvalue weighted by molar-refractivity contribution is 6.01. The van der Waals surface area contributed by atoms with Gasteiger partial charge in [0, 0.05) is 31.6 Å². The van der Waals surface area contributed by atoms with Crippen molar-refractivity contribution in [2.24, 2.45) is 0 Å². The van der Waals surface area contributed by atoms with Crippen molar-refractivity contribution in [1.82, 2.24) is 15.6 Å². The normalized spacial score (nSPS) is 11.5. The Hall–Kier alpha value is -3.13. The number of hydrogen-bond donors (Lipinski definition) is 5. The molecule has 0 aliphatic carbocycles. The van der Waals surface area contributed by atoms with Crippen molar-refractivity contribution in [2.45, 2.75) is 19.4 Å². The highest BCUT2D eigenvalue weighted by Crippen LogP contribution is 2.16. The second-order valence-corrected chi connectivity index (χ2v) is 5.92. The molecule has 0 saturated carbocycles. The average Bonchev–Trinajstić information content (AvgIpc) is 2.67. The lowest BCUT2D eigenvalue weighted by atomic mass is 10.1. The summed E-state index contributed by atoms with van der Waals surface area (Å²) in [6, 6.07) is 10.5. The summed E-state index contributed by atoms with van der Waals surface area (Å²) in [4.78, 5) is 16.5. The third kappa shape index (κ3) is 5.96. The number of carbonyl (C=O) groups excluding carboxylic acids is 1. The SMILES string of the molecule is CCCOC[C@@H](NC(=O)Nc1cc(N)c(C(=N)NC)cn1)c1ccccc1. The molecular weight excluding hydrogens is 344 g/mol. The first-order valence-corrected chi connectivity index (χ1v) is 8.77. The number of nitrogens with zero attached hydrogens (tertiary/aromatic N) is 1. The number of amides is 2. The number of pyridine rings is 1. The monoisotopic (exact) mass is 370 g/mol. The molecule has 1 aromatic carbocycles. The summed E-state index contributed by atoms with van der Waals surface area (Å²) in [5.74, 6) is 0.465. The van der Waals surface area contributed by atoms with Gasteiger partial charge >= 0.3 is 6.03 Å². The summed E-state index contributed by atoms with van der Waals surface area (Å²) >= 11 is 0. The van der Waals surface area contributed by atoms with Crippen molar-refractivity contribution in [3.05, 3.63) is 53.7 Å². The molecule has 1 atom stereocenters. The molecule has 8 heteroatoms. The lowest BCUT2D eigenvalue weighted by Crippen LogP contribution is -2.35. The topological polar surface area (TPSA) is 125 Å². The van der Waals surface area contributed by atoms with Gasteiger partial charge in [0.2, 0.25) is 0 Å². The molecule has 27 heavy (non-hydrogen) atoms. The predicted octanol–water partition coefficient (Wildman–Crippen LogP) is 2.50. The molecule has 1 aromatic heterocycles. The summed E-state index contributed by atoms with van der Waals surface area (Å²) in [6.45, 7) is 3.04. The minimum Gasteiger partial charge on any atom is -0.398 e. The second kappa shape index (κ2) is 10.1. The molecule has 0 bridgehead atoms. The molecule has 2 aromatic rings. The van der Waals surface area contributed by atoms with E-state index >= 15 is 0 Å². The zero-order valence-electron chi connectivity index (χ0n) is 15.6. The van der Waals surface area contributed by atoms with E-state index in [1.165, 1.54) is 12.3 Å². The second-order valence-electron chi connectivity index (χ2n) is 5.92. The van der Waals surface area contributed by atoms with Gasteiger partial charge in [0.1, 0.15) is 11.7 Å². The Morgan fingerprint density at radius 3 is 2.70 bits per heavy atom. The van der Waals surface area contributed by atoms with Crippen LogP contribution in [0.3, 0.4) is 0 Å². The summed E-state index contributed by atoms with van der Waals surface area (Å²) in [5.41, 5.74) is 7.71. The molecule has 1 heterocycles. The van der Waals surface area contributed by atoms with Gasteiger partial charge < -0.3 is 21.1 Å². The van der Waals surface area contributed by atoms with E-state index in [9.17, 15) is 4.79 Å². The van der Waals surface area contributed by atoms with Crippen molar-refractivity contribution >= 4 is 23.4 Å². The van der Waals surface area contributed by atoms with Gasteiger partial charge in [-0.2, -0.15) is 0 Å². The van der Waals surface area contributed by atoms with Crippen LogP contribution in [-0.4, -0.2) is 37.1 Å². The number of amidine groups is 1. The van der Waals surface area contributed by atoms with Crippen LogP contribution in [0.15, 0.2) is 42.6 Å². The number of hydrogen-bond acceptors (Lipinski definition) is 5. The van der Waals surface area contributed by atoms with Crippen LogP contribution in [-0.2, 0) is 4.74 Å². The Bertz CT molecular complexity index is 766. The Morgan fingerprint density at radius 2 is 2.07 bits per heavy atom. The molecule has 144 valence electrons. The van der Waals surface area contributed by atoms with Crippen molar-refractivity contribution in [2.75, 3.05) is 31.3 Å². The Labute approximate surface area is 159 Å². The van der Waals surface area contributed by atoms with E-state index in [0.29, 0.717) is 30.3 Å². The molecule has 0 aliphatic rings. The number of anilines is 2. The quantitative estimate of drug-likeness (QED) is 0.277. The van der Waals surface area contributed by atoms with Gasteiger partial charge in [-0.3, -0.25) is 10.7 Å². The van der Waals surface area contributed by atoms with Crippen molar-refractivity contribution in [3.63, 3.8) is 0 Å². The van der Waals surface area contributed by atoms with Gasteiger partial charge in [-0.15, -0.1) is 0 Å². The van der Waals surface area contributed by atoms with Crippen LogP contribution in [0.25, 0.3) is 0 Å². The maximum Gasteiger partial charge on any atom is 0.320 e. The van der Waals surface area contributed by atoms with Crippen molar-refractivity contribution in [1.29, 1.82) is 5.41 Å². The lowest BCUT2D eigenvalue weighted by Gasteiger charge is -2.19. The van der Waals surface area contributed by atoms with Gasteiger partial charge in [-0.05, 0) is 12.0 Å². The summed E-state index contributed by atoms with van der Waals surface area (Å²) in [5, 5.41) is 16.0. The predicted molar refractivity (Wildman–Crippen MR) is 107 cm³/mol. The Kier molecular flexibility index (Phi) is 7.57. The molecular formula is C19H26N6O2. The van der Waals surface area contributed by atoms with E-state index in [1.54, 1.807) is 7.05 Å². The summed E-state index contributed by atoms with van der Waals surface area (Å²) in [6.07, 6.45) is 2.35. The van der Waals surface area contributed by atoms with Crippen LogP contribution in [0.1, 0.15) is 30.5 Å². The van der Waals surface area contributed by atoms with Gasteiger partial charge in [0.05, 0.1) is 18.2 Å². The van der Waals surface area contributed by atoms with E-state index in [2.05, 4.69) is 20.9 Å². The zero-order chi connectivity index (χ0) is 19.6. The number of ether oxygens (including phenoxy) is 1. The number of nitrogens with two attached hydrogens (primary N) is 1. The smallest absolute Gasteiger partial charge is 0.320 e. The molecule has 8 nitrogen and oxygen atoms in total. The van der Waals surface area contributed by atoms with Gasteiger partial charge in [0.25, 0.3) is 0 Å². The standard InChI is InChI=1S/C19H26N6O2/c1-3-9-27-12-16(13-7-5-4-6-8-13)24-19(26)25-17-10-15(20)14(11-23-17)18(21)22-2/h4-8,10-11,16H,3,9,12H2,1-2H3,(H2,21,22)(H4,20,23,24,25,26)/t16-/m1/s1. The zero-order valence-corrected chi connectivity index (χ0v) is 15.6. The number of carbonyl (C=O) groups is 1. The van der Waals surface area contributed by atoms with Crippen molar-refractivity contribution in [3.8, 4) is 0 Å². The van der Waals surface area contributed by atoms with Crippen LogP contribution in [0, 0.1) is 5.41 Å². The summed E-state index contributed by atoms with van der Waals surface area (Å²) in [7, 11) is 1.63. The highest BCUT2D eigenvalue weighted by Gasteiger charge is 2.16. The van der Waals surface area contributed by atoms with Crippen LogP contribution in [0.2, 0.25) is 0 Å². The lowest BCUT2D eigenvalue weighted by molar-refractivity contribution is 0.114. The summed E-state index contributed by atoms with van der Waals surface area (Å²) < 4.78 is 5.62. The molecule has 2 amide bonds. The number of urea groups is 1. The minimum atomic E-state index is -0.410. The number of nitrogen functional groups attached to an aromatic ring is 1. The molecule has 0 unspecified atom stereocenters. The largest absolute Gasteiger partial charge is 0.398 e. The maximum atomic E-state index is 12.4. The maximum absolute atomic E-state index is 12.4. The number of benzene rings is 1. The number of rotatable bonds is 8. The van der Waals surface area contributed by atoms with Crippen LogP contribution in [0.5, 0.6) is 0 Å². The van der Waals surface area contributed by atoms with Crippen LogP contribution in [0.4, 0.5) is 16.3 Å². The van der Waals surface area contributed by atoms with Gasteiger partial charge in [-0.25, -0.2) is 9.78 Å². The third-order valence-electron chi connectivity index (χ3n) is 3.84. The van der Waals surface area contributed by atoms with Crippen LogP contribution >= 0.6 is 0 Å². The fourth-order valence-electron chi connectivity index (χ4n) is 2.45. The van der Waals surface area contributed by atoms with E-state index in [0.717, 1.165) is 12.0 Å². The van der Waals surface area contributed by atoms with E-state index in [4.69, 9.17) is 15.9 Å². The first-order chi connectivity index (χ1) is 13.0. The molecule has 0 spiro atoms. The fraction of sp³-hybridized carbons (Fsp3) is 0.316. The van der Waals surface area contributed by atoms with Gasteiger partial charge in [-0.1, -0.05) is 37.3 Å². The molecule has 0 aliphatic heterocycles. The fourth-order valence-corrected chi connectivity index (χ4v) is 2.45. The molecule has 0 saturated heterocycles. The van der Waals surface area contributed by atoms with E-state index < -0.39 is 6.03 Å². The Balaban J connectivity index is 2.04. The number of nitrogens with one attached hydrogen (secondary N) is 4. The highest BCUT2D eigenvalue weighted by atomic mass is 16.5. The Morgan fingerprint density at radius 1 is 1.33 bits per heavy atom. The number of aromatic nitrogens is 1. The molecule has 0 radical (unpaired) electrons. The van der Waals surface area contributed by atoms with Gasteiger partial charge in [0.15, 0.2) is 0 Å². The average molecular weight is 370 g/mol. The molecule has 0 fully saturated rings. The first-order valence-electron chi connectivity index (χ1n) is 8.77. The minimum absolute atomic E-state index is 0.160. The molecule has 6 N–H and O–H groups in total. The van der Waals surface area contributed by atoms with E-state index in [-0.39, 0.29) is 11.9 Å². The first kappa shape index (κ1) is 20.2. The van der Waals surface area contributed by atoms with Crippen LogP contribution < -0.4 is 21.7 Å².